The summed E-state index contributed by atoms with van der Waals surface area (Å²) in [6.45, 7) is 7.34. The van der Waals surface area contributed by atoms with E-state index in [4.69, 9.17) is 4.74 Å². The lowest BCUT2D eigenvalue weighted by atomic mass is 10.2. The van der Waals surface area contributed by atoms with Gasteiger partial charge in [0.1, 0.15) is 12.4 Å². The summed E-state index contributed by atoms with van der Waals surface area (Å²) in [6, 6.07) is 7.69. The van der Waals surface area contributed by atoms with Gasteiger partial charge in [0.25, 0.3) is 0 Å². The van der Waals surface area contributed by atoms with Crippen molar-refractivity contribution >= 4 is 29.2 Å². The molecule has 2 fully saturated rings. The number of carbonyl (C=O) groups excluding carboxylic acids is 2. The molecule has 8 heteroatoms. The van der Waals surface area contributed by atoms with E-state index in [1.807, 2.05) is 52.4 Å². The van der Waals surface area contributed by atoms with Gasteiger partial charge in [-0.25, -0.2) is 4.98 Å². The fourth-order valence-corrected chi connectivity index (χ4v) is 4.62. The average molecular weight is 455 g/mol. The SMILES string of the molecule is Cc1nc(COc2ccccc2/C=C/C(=O)N2CCN(CC(=O)N3CCCC3)CC2)cs1. The van der Waals surface area contributed by atoms with E-state index in [-0.39, 0.29) is 11.8 Å². The Balaban J connectivity index is 1.27. The topological polar surface area (TPSA) is 66.0 Å². The highest BCUT2D eigenvalue weighted by Gasteiger charge is 2.24. The van der Waals surface area contributed by atoms with Crippen LogP contribution >= 0.6 is 11.3 Å². The lowest BCUT2D eigenvalue weighted by Crippen LogP contribution is -2.51. The van der Waals surface area contributed by atoms with Crippen molar-refractivity contribution in [3.8, 4) is 5.75 Å². The third kappa shape index (κ3) is 5.95. The highest BCUT2D eigenvalue weighted by Crippen LogP contribution is 2.21. The molecular weight excluding hydrogens is 424 g/mol. The molecule has 0 aliphatic carbocycles. The zero-order valence-electron chi connectivity index (χ0n) is 18.5. The maximum atomic E-state index is 12.7. The highest BCUT2D eigenvalue weighted by molar-refractivity contribution is 7.09. The number of rotatable bonds is 7. The van der Waals surface area contributed by atoms with Crippen LogP contribution in [0.4, 0.5) is 0 Å². The van der Waals surface area contributed by atoms with E-state index in [9.17, 15) is 9.59 Å². The number of para-hydroxylation sites is 1. The van der Waals surface area contributed by atoms with Crippen LogP contribution < -0.4 is 4.74 Å². The molecule has 0 radical (unpaired) electrons. The smallest absolute Gasteiger partial charge is 0.246 e. The van der Waals surface area contributed by atoms with Crippen LogP contribution in [0.1, 0.15) is 29.1 Å². The molecule has 0 spiro atoms. The van der Waals surface area contributed by atoms with Crippen LogP contribution in [0.5, 0.6) is 5.75 Å². The number of benzene rings is 1. The number of amides is 2. The molecule has 0 atom stereocenters. The number of ether oxygens (including phenoxy) is 1. The third-order valence-corrected chi connectivity index (χ3v) is 6.69. The van der Waals surface area contributed by atoms with Gasteiger partial charge in [-0.1, -0.05) is 18.2 Å². The normalized spacial score (nSPS) is 17.3. The van der Waals surface area contributed by atoms with Gasteiger partial charge in [0.2, 0.25) is 11.8 Å². The summed E-state index contributed by atoms with van der Waals surface area (Å²) < 4.78 is 5.93. The molecule has 2 amide bonds. The molecule has 0 bridgehead atoms. The quantitative estimate of drug-likeness (QED) is 0.602. The van der Waals surface area contributed by atoms with Crippen LogP contribution in [0.3, 0.4) is 0 Å². The molecule has 7 nitrogen and oxygen atoms in total. The number of hydrogen-bond donors (Lipinski definition) is 0. The largest absolute Gasteiger partial charge is 0.487 e. The van der Waals surface area contributed by atoms with Crippen LogP contribution in [0.15, 0.2) is 35.7 Å². The Bertz CT molecular complexity index is 960. The van der Waals surface area contributed by atoms with Crippen LogP contribution in [-0.2, 0) is 16.2 Å². The first kappa shape index (κ1) is 22.5. The summed E-state index contributed by atoms with van der Waals surface area (Å²) in [5.41, 5.74) is 1.77. The molecule has 3 heterocycles. The van der Waals surface area contributed by atoms with E-state index in [2.05, 4.69) is 9.88 Å². The molecule has 1 aromatic heterocycles. The molecule has 0 N–H and O–H groups in total. The summed E-state index contributed by atoms with van der Waals surface area (Å²) in [5, 5.41) is 3.01. The second kappa shape index (κ2) is 10.7. The van der Waals surface area contributed by atoms with E-state index in [0.29, 0.717) is 26.2 Å². The molecule has 2 aliphatic heterocycles. The van der Waals surface area contributed by atoms with Crippen molar-refractivity contribution in [3.05, 3.63) is 52.0 Å². The van der Waals surface area contributed by atoms with Crippen molar-refractivity contribution in [3.63, 3.8) is 0 Å². The fourth-order valence-electron chi connectivity index (χ4n) is 4.03. The molecular formula is C24H30N4O3S. The standard InChI is InChI=1S/C24H30N4O3S/c1-19-25-21(18-32-19)17-31-22-7-3-2-6-20(22)8-9-23(29)28-14-12-26(13-15-28)16-24(30)27-10-4-5-11-27/h2-3,6-9,18H,4-5,10-17H2,1H3/b9-8+. The molecule has 2 aromatic rings. The first-order valence-electron chi connectivity index (χ1n) is 11.2. The van der Waals surface area contributed by atoms with Gasteiger partial charge in [-0.3, -0.25) is 14.5 Å². The molecule has 0 unspecified atom stereocenters. The highest BCUT2D eigenvalue weighted by atomic mass is 32.1. The first-order valence-corrected chi connectivity index (χ1v) is 12.1. The van der Waals surface area contributed by atoms with E-state index in [1.165, 1.54) is 0 Å². The van der Waals surface area contributed by atoms with Crippen LogP contribution in [0.2, 0.25) is 0 Å². The minimum absolute atomic E-state index is 0.0135. The number of carbonyl (C=O) groups is 2. The van der Waals surface area contributed by atoms with Crippen molar-refractivity contribution in [1.82, 2.24) is 19.7 Å². The van der Waals surface area contributed by atoms with E-state index in [1.54, 1.807) is 17.4 Å². The minimum atomic E-state index is -0.0135. The molecule has 1 aromatic carbocycles. The number of piperazine rings is 1. The van der Waals surface area contributed by atoms with Crippen molar-refractivity contribution in [1.29, 1.82) is 0 Å². The zero-order chi connectivity index (χ0) is 22.3. The number of aromatic nitrogens is 1. The Hall–Kier alpha value is -2.71. The summed E-state index contributed by atoms with van der Waals surface area (Å²) in [4.78, 5) is 35.4. The van der Waals surface area contributed by atoms with Crippen molar-refractivity contribution < 1.29 is 14.3 Å². The molecule has 32 heavy (non-hydrogen) atoms. The van der Waals surface area contributed by atoms with E-state index < -0.39 is 0 Å². The van der Waals surface area contributed by atoms with Crippen LogP contribution in [-0.4, -0.2) is 77.3 Å². The Labute approximate surface area is 193 Å². The second-order valence-corrected chi connectivity index (χ2v) is 9.27. The van der Waals surface area contributed by atoms with Gasteiger partial charge in [0.15, 0.2) is 0 Å². The predicted octanol–water partition coefficient (Wildman–Crippen LogP) is 2.81. The second-order valence-electron chi connectivity index (χ2n) is 8.21. The number of likely N-dealkylation sites (tertiary alicyclic amines) is 1. The molecule has 170 valence electrons. The molecule has 0 saturated carbocycles. The lowest BCUT2D eigenvalue weighted by Gasteiger charge is -2.34. The monoisotopic (exact) mass is 454 g/mol. The summed E-state index contributed by atoms with van der Waals surface area (Å²) in [6.07, 6.45) is 5.64. The number of hydrogen-bond acceptors (Lipinski definition) is 6. The van der Waals surface area contributed by atoms with Crippen LogP contribution in [0, 0.1) is 6.92 Å². The van der Waals surface area contributed by atoms with Gasteiger partial charge in [-0.05, 0) is 31.9 Å². The van der Waals surface area contributed by atoms with Gasteiger partial charge in [0.05, 0.1) is 17.2 Å². The van der Waals surface area contributed by atoms with E-state index in [0.717, 1.165) is 61.0 Å². The summed E-state index contributed by atoms with van der Waals surface area (Å²) in [5.74, 6) is 0.930. The minimum Gasteiger partial charge on any atom is -0.487 e. The Morgan fingerprint density at radius 1 is 1.06 bits per heavy atom. The Morgan fingerprint density at radius 3 is 2.53 bits per heavy atom. The maximum absolute atomic E-state index is 12.7. The zero-order valence-corrected chi connectivity index (χ0v) is 19.4. The van der Waals surface area contributed by atoms with E-state index >= 15 is 0 Å². The van der Waals surface area contributed by atoms with Gasteiger partial charge in [-0.2, -0.15) is 0 Å². The fraction of sp³-hybridized carbons (Fsp3) is 0.458. The maximum Gasteiger partial charge on any atom is 0.246 e. The number of thiazole rings is 1. The number of aryl methyl sites for hydroxylation is 1. The molecule has 2 aliphatic rings. The Kier molecular flexibility index (Phi) is 7.55. The van der Waals surface area contributed by atoms with Gasteiger partial charge in [0, 0.05) is 56.3 Å². The molecule has 4 rings (SSSR count). The summed E-state index contributed by atoms with van der Waals surface area (Å²) in [7, 11) is 0. The van der Waals surface area contributed by atoms with Gasteiger partial charge in [-0.15, -0.1) is 11.3 Å². The van der Waals surface area contributed by atoms with Crippen molar-refractivity contribution in [2.75, 3.05) is 45.8 Å². The summed E-state index contributed by atoms with van der Waals surface area (Å²) >= 11 is 1.60. The van der Waals surface area contributed by atoms with Gasteiger partial charge < -0.3 is 14.5 Å². The Morgan fingerprint density at radius 2 is 1.81 bits per heavy atom. The average Bonchev–Trinajstić information content (AvgIpc) is 3.49. The van der Waals surface area contributed by atoms with Crippen LogP contribution in [0.25, 0.3) is 6.08 Å². The van der Waals surface area contributed by atoms with Gasteiger partial charge >= 0.3 is 0 Å². The van der Waals surface area contributed by atoms with Crippen molar-refractivity contribution in [2.24, 2.45) is 0 Å². The third-order valence-electron chi connectivity index (χ3n) is 5.87. The lowest BCUT2D eigenvalue weighted by molar-refractivity contribution is -0.132. The first-order chi connectivity index (χ1) is 15.6. The molecule has 2 saturated heterocycles. The van der Waals surface area contributed by atoms with Crippen molar-refractivity contribution in [2.45, 2.75) is 26.4 Å². The predicted molar refractivity (Wildman–Crippen MR) is 125 cm³/mol. The number of nitrogens with zero attached hydrogens (tertiary/aromatic N) is 4.